The van der Waals surface area contributed by atoms with E-state index in [0.29, 0.717) is 6.04 Å². The highest BCUT2D eigenvalue weighted by molar-refractivity contribution is 6.18. The van der Waals surface area contributed by atoms with Gasteiger partial charge < -0.3 is 0 Å². The van der Waals surface area contributed by atoms with E-state index in [1.54, 1.807) is 0 Å². The predicted octanol–water partition coefficient (Wildman–Crippen LogP) is 2.49. The summed E-state index contributed by atoms with van der Waals surface area (Å²) in [5.74, 6) is 1.91. The van der Waals surface area contributed by atoms with Gasteiger partial charge in [0.25, 0.3) is 0 Å². The molecule has 0 spiro atoms. The van der Waals surface area contributed by atoms with E-state index >= 15 is 0 Å². The quantitative estimate of drug-likeness (QED) is 0.612. The lowest BCUT2D eigenvalue weighted by atomic mass is 10.2. The Morgan fingerprint density at radius 1 is 1.25 bits per heavy atom. The summed E-state index contributed by atoms with van der Waals surface area (Å²) < 4.78 is 0. The van der Waals surface area contributed by atoms with Crippen LogP contribution in [0.1, 0.15) is 32.1 Å². The zero-order valence-corrected chi connectivity index (χ0v) is 8.39. The maximum atomic E-state index is 5.89. The smallest absolute Gasteiger partial charge is 0.0379 e. The molecule has 1 unspecified atom stereocenters. The van der Waals surface area contributed by atoms with Crippen LogP contribution >= 0.6 is 11.6 Å². The lowest BCUT2D eigenvalue weighted by molar-refractivity contribution is 0.263. The van der Waals surface area contributed by atoms with Crippen LogP contribution < -0.4 is 0 Å². The monoisotopic (exact) mass is 187 g/mol. The average molecular weight is 188 g/mol. The highest BCUT2D eigenvalue weighted by Gasteiger charge is 2.26. The molecular formula is C10H18ClN. The van der Waals surface area contributed by atoms with Gasteiger partial charge >= 0.3 is 0 Å². The standard InChI is InChI=1S/C10H18ClN/c11-8-10-2-1-6-12(10)7-5-9-3-4-9/h9-10H,1-8H2. The van der Waals surface area contributed by atoms with Crippen molar-refractivity contribution in [3.05, 3.63) is 0 Å². The Morgan fingerprint density at radius 3 is 2.75 bits per heavy atom. The van der Waals surface area contributed by atoms with Gasteiger partial charge in [0.15, 0.2) is 0 Å². The third-order valence-corrected chi connectivity index (χ3v) is 3.55. The first-order valence-corrected chi connectivity index (χ1v) is 5.73. The van der Waals surface area contributed by atoms with Gasteiger partial charge in [-0.2, -0.15) is 0 Å². The Kier molecular flexibility index (Phi) is 2.92. The minimum Gasteiger partial charge on any atom is -0.299 e. The van der Waals surface area contributed by atoms with Crippen LogP contribution in [0, 0.1) is 5.92 Å². The summed E-state index contributed by atoms with van der Waals surface area (Å²) in [6.45, 7) is 2.60. The fourth-order valence-corrected chi connectivity index (χ4v) is 2.47. The van der Waals surface area contributed by atoms with Crippen LogP contribution in [0.4, 0.5) is 0 Å². The Morgan fingerprint density at radius 2 is 2.08 bits per heavy atom. The van der Waals surface area contributed by atoms with Crippen molar-refractivity contribution in [1.82, 2.24) is 4.90 Å². The molecule has 1 nitrogen and oxygen atoms in total. The molecule has 2 rings (SSSR count). The molecule has 0 aromatic carbocycles. The van der Waals surface area contributed by atoms with E-state index in [0.717, 1.165) is 11.8 Å². The first-order chi connectivity index (χ1) is 5.90. The first kappa shape index (κ1) is 8.83. The fraction of sp³-hybridized carbons (Fsp3) is 1.00. The maximum absolute atomic E-state index is 5.89. The average Bonchev–Trinajstić information content (AvgIpc) is 2.81. The molecule has 0 bridgehead atoms. The van der Waals surface area contributed by atoms with Crippen LogP contribution in [0.5, 0.6) is 0 Å². The molecule has 1 heterocycles. The summed E-state index contributed by atoms with van der Waals surface area (Å²) in [6, 6.07) is 0.699. The second-order valence-electron chi connectivity index (χ2n) is 4.22. The summed E-state index contributed by atoms with van der Waals surface area (Å²) in [6.07, 6.45) is 7.09. The van der Waals surface area contributed by atoms with Gasteiger partial charge in [0.05, 0.1) is 0 Å². The molecule has 1 saturated carbocycles. The molecule has 0 amide bonds. The van der Waals surface area contributed by atoms with E-state index in [1.807, 2.05) is 0 Å². The van der Waals surface area contributed by atoms with Gasteiger partial charge in [0.1, 0.15) is 0 Å². The molecule has 0 aromatic rings. The zero-order valence-electron chi connectivity index (χ0n) is 7.64. The Bertz CT molecular complexity index is 145. The lowest BCUT2D eigenvalue weighted by Crippen LogP contribution is -2.31. The minimum absolute atomic E-state index is 0.699. The largest absolute Gasteiger partial charge is 0.299 e. The molecular weight excluding hydrogens is 170 g/mol. The van der Waals surface area contributed by atoms with Crippen molar-refractivity contribution in [3.63, 3.8) is 0 Å². The van der Waals surface area contributed by atoms with E-state index in [9.17, 15) is 0 Å². The molecule has 2 fully saturated rings. The normalized spacial score (nSPS) is 31.2. The van der Waals surface area contributed by atoms with Crippen LogP contribution in [0.25, 0.3) is 0 Å². The van der Waals surface area contributed by atoms with E-state index in [2.05, 4.69) is 4.90 Å². The van der Waals surface area contributed by atoms with Crippen molar-refractivity contribution in [2.75, 3.05) is 19.0 Å². The van der Waals surface area contributed by atoms with Gasteiger partial charge in [-0.3, -0.25) is 4.90 Å². The molecule has 12 heavy (non-hydrogen) atoms. The van der Waals surface area contributed by atoms with Crippen LogP contribution in [0.15, 0.2) is 0 Å². The number of halogens is 1. The Balaban J connectivity index is 1.69. The molecule has 1 atom stereocenters. The molecule has 0 N–H and O–H groups in total. The van der Waals surface area contributed by atoms with Crippen LogP contribution in [-0.4, -0.2) is 29.9 Å². The predicted molar refractivity (Wildman–Crippen MR) is 52.7 cm³/mol. The summed E-state index contributed by atoms with van der Waals surface area (Å²) in [5.41, 5.74) is 0. The van der Waals surface area contributed by atoms with Crippen LogP contribution in [0.2, 0.25) is 0 Å². The number of alkyl halides is 1. The lowest BCUT2D eigenvalue weighted by Gasteiger charge is -2.22. The number of hydrogen-bond donors (Lipinski definition) is 0. The highest BCUT2D eigenvalue weighted by atomic mass is 35.5. The van der Waals surface area contributed by atoms with Crippen molar-refractivity contribution in [1.29, 1.82) is 0 Å². The Labute approximate surface area is 80.1 Å². The van der Waals surface area contributed by atoms with Crippen molar-refractivity contribution < 1.29 is 0 Å². The molecule has 2 heteroatoms. The van der Waals surface area contributed by atoms with Crippen LogP contribution in [0.3, 0.4) is 0 Å². The number of rotatable bonds is 4. The fourth-order valence-electron chi connectivity index (χ4n) is 2.12. The van der Waals surface area contributed by atoms with E-state index < -0.39 is 0 Å². The van der Waals surface area contributed by atoms with Gasteiger partial charge in [0, 0.05) is 11.9 Å². The molecule has 0 radical (unpaired) electrons. The molecule has 2 aliphatic rings. The van der Waals surface area contributed by atoms with E-state index in [4.69, 9.17) is 11.6 Å². The molecule has 1 saturated heterocycles. The first-order valence-electron chi connectivity index (χ1n) is 5.20. The minimum atomic E-state index is 0.699. The second kappa shape index (κ2) is 3.97. The van der Waals surface area contributed by atoms with Gasteiger partial charge in [-0.15, -0.1) is 11.6 Å². The molecule has 70 valence electrons. The topological polar surface area (TPSA) is 3.24 Å². The number of likely N-dealkylation sites (tertiary alicyclic amines) is 1. The highest BCUT2D eigenvalue weighted by Crippen LogP contribution is 2.33. The summed E-state index contributed by atoms with van der Waals surface area (Å²) in [7, 11) is 0. The third kappa shape index (κ3) is 2.14. The van der Waals surface area contributed by atoms with Gasteiger partial charge in [-0.1, -0.05) is 12.8 Å². The maximum Gasteiger partial charge on any atom is 0.0379 e. The SMILES string of the molecule is ClCC1CCCN1CCC1CC1. The van der Waals surface area contributed by atoms with E-state index in [-0.39, 0.29) is 0 Å². The summed E-state index contributed by atoms with van der Waals surface area (Å²) >= 11 is 5.89. The van der Waals surface area contributed by atoms with Gasteiger partial charge in [-0.05, 0) is 38.3 Å². The summed E-state index contributed by atoms with van der Waals surface area (Å²) in [4.78, 5) is 2.59. The van der Waals surface area contributed by atoms with Crippen LogP contribution in [-0.2, 0) is 0 Å². The second-order valence-corrected chi connectivity index (χ2v) is 4.53. The molecule has 1 aliphatic carbocycles. The van der Waals surface area contributed by atoms with Crippen molar-refractivity contribution >= 4 is 11.6 Å². The van der Waals surface area contributed by atoms with E-state index in [1.165, 1.54) is 45.2 Å². The van der Waals surface area contributed by atoms with Gasteiger partial charge in [0.2, 0.25) is 0 Å². The van der Waals surface area contributed by atoms with Crippen molar-refractivity contribution in [2.45, 2.75) is 38.1 Å². The Hall–Kier alpha value is 0.250. The summed E-state index contributed by atoms with van der Waals surface area (Å²) in [5, 5.41) is 0. The van der Waals surface area contributed by atoms with Crippen molar-refractivity contribution in [2.24, 2.45) is 5.92 Å². The zero-order chi connectivity index (χ0) is 8.39. The molecule has 0 aromatic heterocycles. The van der Waals surface area contributed by atoms with Gasteiger partial charge in [-0.25, -0.2) is 0 Å². The number of nitrogens with zero attached hydrogens (tertiary/aromatic N) is 1. The van der Waals surface area contributed by atoms with Crippen molar-refractivity contribution in [3.8, 4) is 0 Å². The third-order valence-electron chi connectivity index (χ3n) is 3.20. The molecule has 1 aliphatic heterocycles. The number of hydrogen-bond acceptors (Lipinski definition) is 1.